The molecule has 0 bridgehead atoms. The average molecular weight is 293 g/mol. The number of rotatable bonds is 6. The van der Waals surface area contributed by atoms with E-state index >= 15 is 0 Å². The van der Waals surface area contributed by atoms with Crippen LogP contribution < -0.4 is 5.32 Å². The van der Waals surface area contributed by atoms with Crippen molar-refractivity contribution in [1.29, 1.82) is 0 Å². The molecule has 1 aliphatic rings. The standard InChI is InChI=1S/C19H19NO2/c21-18(15-4-2-1-3-5-15)16-8-6-14(7-9-16)12-13-20-19(22)17-10-11-17/h1-9,17H,10-13H2,(H,20,22). The molecule has 22 heavy (non-hydrogen) atoms. The Bertz CT molecular complexity index is 658. The van der Waals surface area contributed by atoms with Crippen molar-refractivity contribution in [3.63, 3.8) is 0 Å². The Morgan fingerprint density at radius 2 is 1.55 bits per heavy atom. The third kappa shape index (κ3) is 3.61. The number of hydrogen-bond donors (Lipinski definition) is 1. The number of amides is 1. The van der Waals surface area contributed by atoms with E-state index in [1.165, 1.54) is 0 Å². The van der Waals surface area contributed by atoms with E-state index in [2.05, 4.69) is 5.32 Å². The summed E-state index contributed by atoms with van der Waals surface area (Å²) < 4.78 is 0. The summed E-state index contributed by atoms with van der Waals surface area (Å²) in [5.74, 6) is 0.468. The van der Waals surface area contributed by atoms with Gasteiger partial charge in [-0.15, -0.1) is 0 Å². The molecule has 0 unspecified atom stereocenters. The van der Waals surface area contributed by atoms with Crippen molar-refractivity contribution >= 4 is 11.7 Å². The van der Waals surface area contributed by atoms with Crippen LogP contribution >= 0.6 is 0 Å². The maximum Gasteiger partial charge on any atom is 0.223 e. The van der Waals surface area contributed by atoms with E-state index in [4.69, 9.17) is 0 Å². The van der Waals surface area contributed by atoms with Gasteiger partial charge in [0.05, 0.1) is 0 Å². The maximum absolute atomic E-state index is 12.3. The Hall–Kier alpha value is -2.42. The Balaban J connectivity index is 1.55. The quantitative estimate of drug-likeness (QED) is 0.832. The highest BCUT2D eigenvalue weighted by atomic mass is 16.2. The molecule has 3 nitrogen and oxygen atoms in total. The van der Waals surface area contributed by atoms with Crippen molar-refractivity contribution < 1.29 is 9.59 Å². The van der Waals surface area contributed by atoms with Gasteiger partial charge in [-0.1, -0.05) is 54.6 Å². The van der Waals surface area contributed by atoms with Crippen molar-refractivity contribution in [2.24, 2.45) is 5.92 Å². The van der Waals surface area contributed by atoms with Crippen LogP contribution in [0.4, 0.5) is 0 Å². The number of benzene rings is 2. The van der Waals surface area contributed by atoms with Gasteiger partial charge in [0.25, 0.3) is 0 Å². The minimum Gasteiger partial charge on any atom is -0.356 e. The van der Waals surface area contributed by atoms with Crippen molar-refractivity contribution in [3.05, 3.63) is 71.3 Å². The molecule has 0 aliphatic heterocycles. The second kappa shape index (κ2) is 6.56. The second-order valence-corrected chi connectivity index (χ2v) is 5.71. The molecule has 1 amide bonds. The monoisotopic (exact) mass is 293 g/mol. The topological polar surface area (TPSA) is 46.2 Å². The van der Waals surface area contributed by atoms with Gasteiger partial charge in [0.2, 0.25) is 5.91 Å². The van der Waals surface area contributed by atoms with Gasteiger partial charge in [0, 0.05) is 23.6 Å². The smallest absolute Gasteiger partial charge is 0.223 e. The Kier molecular flexibility index (Phi) is 4.33. The number of nitrogens with one attached hydrogen (secondary N) is 1. The molecule has 2 aromatic rings. The van der Waals surface area contributed by atoms with Crippen LogP contribution in [0, 0.1) is 5.92 Å². The third-order valence-corrected chi connectivity index (χ3v) is 3.91. The van der Waals surface area contributed by atoms with Gasteiger partial charge in [-0.2, -0.15) is 0 Å². The molecular formula is C19H19NO2. The first-order chi connectivity index (χ1) is 10.7. The highest BCUT2D eigenvalue weighted by molar-refractivity contribution is 6.08. The van der Waals surface area contributed by atoms with E-state index in [1.807, 2.05) is 54.6 Å². The number of ketones is 1. The molecule has 2 aromatic carbocycles. The van der Waals surface area contributed by atoms with Crippen LogP contribution in [0.25, 0.3) is 0 Å². The zero-order valence-electron chi connectivity index (χ0n) is 12.4. The molecule has 0 aromatic heterocycles. The Labute approximate surface area is 130 Å². The van der Waals surface area contributed by atoms with Crippen LogP contribution in [0.5, 0.6) is 0 Å². The number of carbonyl (C=O) groups excluding carboxylic acids is 2. The molecule has 112 valence electrons. The van der Waals surface area contributed by atoms with E-state index in [0.29, 0.717) is 17.7 Å². The van der Waals surface area contributed by atoms with Gasteiger partial charge in [-0.25, -0.2) is 0 Å². The fourth-order valence-corrected chi connectivity index (χ4v) is 2.40. The van der Waals surface area contributed by atoms with Crippen LogP contribution in [0.3, 0.4) is 0 Å². The summed E-state index contributed by atoms with van der Waals surface area (Å²) in [6, 6.07) is 16.9. The molecule has 1 aliphatic carbocycles. The van der Waals surface area contributed by atoms with Gasteiger partial charge in [-0.05, 0) is 24.8 Å². The Morgan fingerprint density at radius 3 is 2.18 bits per heavy atom. The number of carbonyl (C=O) groups is 2. The van der Waals surface area contributed by atoms with E-state index in [0.717, 1.165) is 24.8 Å². The van der Waals surface area contributed by atoms with Crippen LogP contribution in [-0.4, -0.2) is 18.2 Å². The lowest BCUT2D eigenvalue weighted by molar-refractivity contribution is -0.122. The highest BCUT2D eigenvalue weighted by Crippen LogP contribution is 2.28. The van der Waals surface area contributed by atoms with Crippen LogP contribution in [0.1, 0.15) is 34.3 Å². The van der Waals surface area contributed by atoms with Crippen LogP contribution in [-0.2, 0) is 11.2 Å². The van der Waals surface area contributed by atoms with E-state index in [9.17, 15) is 9.59 Å². The summed E-state index contributed by atoms with van der Waals surface area (Å²) >= 11 is 0. The molecule has 1 fully saturated rings. The molecular weight excluding hydrogens is 274 g/mol. The minimum atomic E-state index is 0.0363. The van der Waals surface area contributed by atoms with E-state index in [-0.39, 0.29) is 17.6 Å². The van der Waals surface area contributed by atoms with E-state index in [1.54, 1.807) is 0 Å². The number of hydrogen-bond acceptors (Lipinski definition) is 2. The fourth-order valence-electron chi connectivity index (χ4n) is 2.40. The molecule has 0 spiro atoms. The fraction of sp³-hybridized carbons (Fsp3) is 0.263. The van der Waals surface area contributed by atoms with E-state index < -0.39 is 0 Å². The van der Waals surface area contributed by atoms with Gasteiger partial charge < -0.3 is 5.32 Å². The summed E-state index contributed by atoms with van der Waals surface area (Å²) in [4.78, 5) is 23.8. The summed E-state index contributed by atoms with van der Waals surface area (Å²) in [6.45, 7) is 0.654. The maximum atomic E-state index is 12.3. The van der Waals surface area contributed by atoms with Crippen molar-refractivity contribution in [2.45, 2.75) is 19.3 Å². The predicted molar refractivity (Wildman–Crippen MR) is 85.8 cm³/mol. The molecule has 0 radical (unpaired) electrons. The lowest BCUT2D eigenvalue weighted by atomic mass is 10.0. The summed E-state index contributed by atoms with van der Waals surface area (Å²) in [6.07, 6.45) is 2.85. The predicted octanol–water partition coefficient (Wildman–Crippen LogP) is 2.99. The molecule has 0 atom stereocenters. The normalized spacial score (nSPS) is 13.6. The largest absolute Gasteiger partial charge is 0.356 e. The highest BCUT2D eigenvalue weighted by Gasteiger charge is 2.28. The van der Waals surface area contributed by atoms with Gasteiger partial charge in [-0.3, -0.25) is 9.59 Å². The summed E-state index contributed by atoms with van der Waals surface area (Å²) in [7, 11) is 0. The lowest BCUT2D eigenvalue weighted by Gasteiger charge is -2.06. The SMILES string of the molecule is O=C(c1ccccc1)c1ccc(CCNC(=O)C2CC2)cc1. The molecule has 3 rings (SSSR count). The first-order valence-corrected chi connectivity index (χ1v) is 7.70. The first kappa shape index (κ1) is 14.5. The van der Waals surface area contributed by atoms with Crippen molar-refractivity contribution in [1.82, 2.24) is 5.32 Å². The first-order valence-electron chi connectivity index (χ1n) is 7.70. The second-order valence-electron chi connectivity index (χ2n) is 5.71. The zero-order valence-corrected chi connectivity index (χ0v) is 12.4. The lowest BCUT2D eigenvalue weighted by Crippen LogP contribution is -2.26. The van der Waals surface area contributed by atoms with Gasteiger partial charge in [0.15, 0.2) is 5.78 Å². The average Bonchev–Trinajstić information content (AvgIpc) is 3.40. The summed E-state index contributed by atoms with van der Waals surface area (Å²) in [5.41, 5.74) is 2.52. The van der Waals surface area contributed by atoms with Crippen molar-refractivity contribution in [2.75, 3.05) is 6.54 Å². The molecule has 0 heterocycles. The van der Waals surface area contributed by atoms with Crippen LogP contribution in [0.2, 0.25) is 0 Å². The van der Waals surface area contributed by atoms with Gasteiger partial charge in [0.1, 0.15) is 0 Å². The third-order valence-electron chi connectivity index (χ3n) is 3.91. The molecule has 1 saturated carbocycles. The summed E-state index contributed by atoms with van der Waals surface area (Å²) in [5, 5.41) is 2.95. The Morgan fingerprint density at radius 1 is 0.909 bits per heavy atom. The molecule has 0 saturated heterocycles. The minimum absolute atomic E-state index is 0.0363. The van der Waals surface area contributed by atoms with Crippen molar-refractivity contribution in [3.8, 4) is 0 Å². The molecule has 3 heteroatoms. The van der Waals surface area contributed by atoms with Crippen LogP contribution in [0.15, 0.2) is 54.6 Å². The van der Waals surface area contributed by atoms with Gasteiger partial charge >= 0.3 is 0 Å². The molecule has 1 N–H and O–H groups in total. The zero-order chi connectivity index (χ0) is 15.4.